The topological polar surface area (TPSA) is 116 Å². The first kappa shape index (κ1) is 78.5. The van der Waals surface area contributed by atoms with Crippen molar-refractivity contribution in [3.63, 3.8) is 0 Å². The Morgan fingerprint density at radius 3 is 1.12 bits per heavy atom. The van der Waals surface area contributed by atoms with Crippen LogP contribution in [0.1, 0.15) is 49.9 Å². The second-order valence-corrected chi connectivity index (χ2v) is 39.8. The standard InChI is InChI=1S/C123H77N9S3/c1-122(2)103-37-12-8-29-89(103)91-57-55-86(68-105(91)122)119-127-115(126-117(128-119)84-54-56-87-81(66-84)53-60-97-92-31-10-14-39-106(92)133-110(87)97)83-28-18-26-79(65-83)80-52-58-94-98-59-51-73-45-50-85(67-102(73)112(98)135-108(94)69-80)118-125-114(130-121(132-118)101-36-19-33-95-90-30-9-13-38-104(90)123(3,4)109(95)101)75-48-43-72(44-49-75)77-24-16-23-76(63-77)71-41-46-74(47-42-71)113-124-116(82-27-17-25-78(64-82)70-21-6-5-7-22-70)131-120(129-113)100-35-20-34-96-88(100)61-62-99-93-32-11-15-40-107(93)134-111(96)99/h5-69H,1-4H3. The van der Waals surface area contributed by atoms with E-state index in [1.807, 2.05) is 40.1 Å². The quantitative estimate of drug-likeness (QED) is 0.111. The average molecular weight is 1780 g/mol. The Balaban J connectivity index is 0.520. The molecule has 632 valence electrons. The van der Waals surface area contributed by atoms with Crippen molar-refractivity contribution in [3.05, 3.63) is 417 Å². The first-order chi connectivity index (χ1) is 66.3. The van der Waals surface area contributed by atoms with Gasteiger partial charge in [-0.1, -0.05) is 367 Å². The number of hydrogen-bond donors (Lipinski definition) is 0. The summed E-state index contributed by atoms with van der Waals surface area (Å²) < 4.78 is 7.48. The number of rotatable bonds is 13. The molecule has 19 aromatic carbocycles. The lowest BCUT2D eigenvalue weighted by atomic mass is 9.80. The molecule has 0 atom stereocenters. The van der Waals surface area contributed by atoms with Gasteiger partial charge in [0.25, 0.3) is 0 Å². The molecule has 25 aromatic rings. The Kier molecular flexibility index (Phi) is 17.8. The third kappa shape index (κ3) is 12.9. The number of nitrogens with zero attached hydrogens (tertiary/aromatic N) is 9. The fourth-order valence-corrected chi connectivity index (χ4v) is 25.0. The number of thiophene rings is 3. The van der Waals surface area contributed by atoms with E-state index in [4.69, 9.17) is 44.9 Å². The number of hydrogen-bond acceptors (Lipinski definition) is 12. The van der Waals surface area contributed by atoms with Gasteiger partial charge in [0.15, 0.2) is 52.4 Å². The molecule has 6 heterocycles. The molecule has 0 fully saturated rings. The van der Waals surface area contributed by atoms with Crippen LogP contribution in [0, 0.1) is 0 Å². The molecule has 27 rings (SSSR count). The van der Waals surface area contributed by atoms with Gasteiger partial charge in [0.2, 0.25) is 0 Å². The second kappa shape index (κ2) is 30.6. The summed E-state index contributed by atoms with van der Waals surface area (Å²) in [6.45, 7) is 9.29. The molecular formula is C123H77N9S3. The molecular weight excluding hydrogens is 1700 g/mol. The molecule has 0 spiro atoms. The van der Waals surface area contributed by atoms with Crippen molar-refractivity contribution in [2.45, 2.75) is 38.5 Å². The van der Waals surface area contributed by atoms with Crippen molar-refractivity contribution in [1.82, 2.24) is 44.9 Å². The molecule has 0 saturated carbocycles. The number of fused-ring (bicyclic) bond motifs is 21. The fourth-order valence-electron chi connectivity index (χ4n) is 21.2. The van der Waals surface area contributed by atoms with Crippen LogP contribution in [0.15, 0.2) is 394 Å². The highest BCUT2D eigenvalue weighted by molar-refractivity contribution is 7.27. The van der Waals surface area contributed by atoms with Gasteiger partial charge < -0.3 is 0 Å². The van der Waals surface area contributed by atoms with Crippen molar-refractivity contribution < 1.29 is 0 Å². The lowest BCUT2D eigenvalue weighted by Crippen LogP contribution is -2.17. The van der Waals surface area contributed by atoms with Crippen LogP contribution in [0.3, 0.4) is 0 Å². The Morgan fingerprint density at radius 1 is 0.163 bits per heavy atom. The molecule has 6 aromatic heterocycles. The van der Waals surface area contributed by atoms with Crippen LogP contribution < -0.4 is 0 Å². The number of benzene rings is 19. The summed E-state index contributed by atoms with van der Waals surface area (Å²) in [4.78, 5) is 48.7. The molecule has 0 aliphatic heterocycles. The maximum absolute atomic E-state index is 5.55. The largest absolute Gasteiger partial charge is 0.208 e. The van der Waals surface area contributed by atoms with Gasteiger partial charge in [-0.3, -0.25) is 0 Å². The van der Waals surface area contributed by atoms with Gasteiger partial charge in [0.05, 0.1) is 0 Å². The first-order valence-electron chi connectivity index (χ1n) is 45.7. The Labute approximate surface area is 789 Å². The van der Waals surface area contributed by atoms with E-state index in [2.05, 4.69) is 416 Å². The van der Waals surface area contributed by atoms with Crippen LogP contribution in [0.5, 0.6) is 0 Å². The highest BCUT2D eigenvalue weighted by Crippen LogP contribution is 2.54. The van der Waals surface area contributed by atoms with Crippen LogP contribution in [-0.2, 0) is 10.8 Å². The summed E-state index contributed by atoms with van der Waals surface area (Å²) >= 11 is 5.50. The maximum Gasteiger partial charge on any atom is 0.164 e. The van der Waals surface area contributed by atoms with Crippen molar-refractivity contribution in [2.75, 3.05) is 0 Å². The average Bonchev–Trinajstić information content (AvgIpc) is 1.58. The summed E-state index contributed by atoms with van der Waals surface area (Å²) in [6, 6.07) is 142. The Hall–Kier alpha value is -16.4. The minimum absolute atomic E-state index is 0.207. The van der Waals surface area contributed by atoms with E-state index in [0.717, 1.165) is 116 Å². The van der Waals surface area contributed by atoms with Gasteiger partial charge in [-0.25, -0.2) is 44.9 Å². The first-order valence-corrected chi connectivity index (χ1v) is 48.2. The van der Waals surface area contributed by atoms with Crippen molar-refractivity contribution in [3.8, 4) is 169 Å². The smallest absolute Gasteiger partial charge is 0.164 e. The SMILES string of the molecule is CC1(C)c2ccccc2-c2ccc(-c3nc(-c4cccc(-c5ccc6c(c5)sc5c7cc(-c8nc(-c9ccc(-c%10cccc(-c%11ccc(-c%12nc(-c%13cccc(-c%14ccccc%14)c%13)nc(-c%13cccc%14c%13ccc%13c%15ccccc%15sc%14%13)n%12)cc%11)c%10)cc9)nc(-c9cccc%10c9C(C)(C)c9ccccc9-%10)n8)ccc7ccc65)c4)nc(-c4ccc5c(ccc6c7ccccc7sc56)c4)n3)cc21. The summed E-state index contributed by atoms with van der Waals surface area (Å²) in [5.74, 6) is 5.50. The maximum atomic E-state index is 5.55. The molecule has 12 heteroatoms. The van der Waals surface area contributed by atoms with Crippen LogP contribution in [0.25, 0.3) is 262 Å². The zero-order valence-electron chi connectivity index (χ0n) is 73.8. The third-order valence-electron chi connectivity index (χ3n) is 28.0. The van der Waals surface area contributed by atoms with Crippen LogP contribution in [-0.4, -0.2) is 44.9 Å². The van der Waals surface area contributed by atoms with Gasteiger partial charge in [0.1, 0.15) is 0 Å². The number of aromatic nitrogens is 9. The minimum atomic E-state index is -0.329. The summed E-state index contributed by atoms with van der Waals surface area (Å²) in [5, 5.41) is 14.4. The summed E-state index contributed by atoms with van der Waals surface area (Å²) in [5.41, 5.74) is 26.5. The lowest BCUT2D eigenvalue weighted by molar-refractivity contribution is 0.660. The van der Waals surface area contributed by atoms with Gasteiger partial charge in [0, 0.05) is 132 Å². The third-order valence-corrected chi connectivity index (χ3v) is 31.7. The summed E-state index contributed by atoms with van der Waals surface area (Å²) in [6.07, 6.45) is 0. The van der Waals surface area contributed by atoms with E-state index in [-0.39, 0.29) is 10.8 Å². The zero-order valence-corrected chi connectivity index (χ0v) is 76.2. The minimum Gasteiger partial charge on any atom is -0.208 e. The van der Waals surface area contributed by atoms with E-state index in [1.165, 1.54) is 116 Å². The predicted molar refractivity (Wildman–Crippen MR) is 564 cm³/mol. The van der Waals surface area contributed by atoms with E-state index in [1.54, 1.807) is 0 Å². The van der Waals surface area contributed by atoms with Crippen molar-refractivity contribution in [1.29, 1.82) is 0 Å². The van der Waals surface area contributed by atoms with Crippen molar-refractivity contribution in [2.24, 2.45) is 0 Å². The molecule has 2 aliphatic rings. The van der Waals surface area contributed by atoms with Crippen LogP contribution >= 0.6 is 34.0 Å². The Bertz CT molecular complexity index is 9330. The van der Waals surface area contributed by atoms with E-state index >= 15 is 0 Å². The van der Waals surface area contributed by atoms with E-state index in [9.17, 15) is 0 Å². The highest BCUT2D eigenvalue weighted by Gasteiger charge is 2.39. The molecule has 2 aliphatic carbocycles. The molecule has 0 unspecified atom stereocenters. The van der Waals surface area contributed by atoms with Crippen LogP contribution in [0.4, 0.5) is 0 Å². The van der Waals surface area contributed by atoms with Gasteiger partial charge in [-0.15, -0.1) is 34.0 Å². The zero-order chi connectivity index (χ0) is 89.5. The van der Waals surface area contributed by atoms with E-state index in [0.29, 0.717) is 52.4 Å². The van der Waals surface area contributed by atoms with Crippen LogP contribution in [0.2, 0.25) is 0 Å². The lowest BCUT2D eigenvalue weighted by Gasteiger charge is -2.24. The van der Waals surface area contributed by atoms with E-state index < -0.39 is 0 Å². The monoisotopic (exact) mass is 1780 g/mol. The normalized spacial score (nSPS) is 13.0. The molecule has 0 bridgehead atoms. The molecule has 9 nitrogen and oxygen atoms in total. The molecule has 0 N–H and O–H groups in total. The Morgan fingerprint density at radius 2 is 0.489 bits per heavy atom. The van der Waals surface area contributed by atoms with Gasteiger partial charge in [-0.05, 0) is 165 Å². The van der Waals surface area contributed by atoms with Crippen molar-refractivity contribution >= 4 is 127 Å². The fraction of sp³-hybridized carbons (Fsp3) is 0.0488. The molecule has 0 amide bonds. The molecule has 0 radical (unpaired) electrons. The summed E-state index contributed by atoms with van der Waals surface area (Å²) in [7, 11) is 0. The van der Waals surface area contributed by atoms with Gasteiger partial charge >= 0.3 is 0 Å². The van der Waals surface area contributed by atoms with Gasteiger partial charge in [-0.2, -0.15) is 0 Å². The highest BCUT2D eigenvalue weighted by atomic mass is 32.1. The molecule has 0 saturated heterocycles. The predicted octanol–water partition coefficient (Wildman–Crippen LogP) is 33.1. The second-order valence-electron chi connectivity index (χ2n) is 36.6. The molecule has 135 heavy (non-hydrogen) atoms.